The molecule has 1 aliphatic heterocycles. The normalized spacial score (nSPS) is 20.0. The van der Waals surface area contributed by atoms with E-state index in [4.69, 9.17) is 9.31 Å². The summed E-state index contributed by atoms with van der Waals surface area (Å²) in [5.74, 6) is -37.5. The Labute approximate surface area is 242 Å². The van der Waals surface area contributed by atoms with Crippen molar-refractivity contribution >= 4 is 20.4 Å². The maximum Gasteiger partial charge on any atom is 0.490 e. The second-order valence-corrected chi connectivity index (χ2v) is 16.8. The zero-order valence-electron chi connectivity index (χ0n) is 24.3. The maximum atomic E-state index is 15.3. The van der Waals surface area contributed by atoms with E-state index in [0.717, 1.165) is 0 Å². The van der Waals surface area contributed by atoms with Crippen molar-refractivity contribution in [2.24, 2.45) is 0 Å². The Kier molecular flexibility index (Phi) is 9.79. The zero-order valence-corrected chi connectivity index (χ0v) is 25.3. The molecule has 1 fully saturated rings. The van der Waals surface area contributed by atoms with Crippen LogP contribution in [0.15, 0.2) is 41.9 Å². The van der Waals surface area contributed by atoms with Gasteiger partial charge in [0.25, 0.3) is 0 Å². The first-order chi connectivity index (χ1) is 19.0. The third kappa shape index (κ3) is 6.10. The van der Waals surface area contributed by atoms with Crippen molar-refractivity contribution < 1.29 is 66.4 Å². The van der Waals surface area contributed by atoms with Crippen LogP contribution in [-0.4, -0.2) is 62.2 Å². The van der Waals surface area contributed by atoms with E-state index in [-0.39, 0.29) is 12.8 Å². The van der Waals surface area contributed by atoms with Gasteiger partial charge >= 0.3 is 42.9 Å². The van der Waals surface area contributed by atoms with Gasteiger partial charge in [0.2, 0.25) is 0 Å². The summed E-state index contributed by atoms with van der Waals surface area (Å²) >= 11 is 0. The molecule has 0 aromatic heterocycles. The molecule has 1 atom stereocenters. The van der Waals surface area contributed by atoms with Crippen LogP contribution in [0.25, 0.3) is 0 Å². The molecule has 0 aliphatic carbocycles. The molecule has 0 saturated carbocycles. The summed E-state index contributed by atoms with van der Waals surface area (Å²) < 4.78 is 193. The molecule has 0 N–H and O–H groups in total. The largest absolute Gasteiger partial charge is 0.490 e. The molecule has 1 aromatic rings. The molecule has 0 amide bonds. The number of rotatable bonds is 11. The first kappa shape index (κ1) is 37.4. The predicted molar refractivity (Wildman–Crippen MR) is 137 cm³/mol. The number of benzene rings is 1. The van der Waals surface area contributed by atoms with E-state index in [1.165, 1.54) is 27.7 Å². The first-order valence-electron chi connectivity index (χ1n) is 13.1. The van der Waals surface area contributed by atoms with Crippen LogP contribution in [0.1, 0.15) is 47.5 Å². The third-order valence-electron chi connectivity index (χ3n) is 8.20. The van der Waals surface area contributed by atoms with Crippen molar-refractivity contribution in [2.75, 3.05) is 0 Å². The smallest absolute Gasteiger partial charge is 0.400 e. The van der Waals surface area contributed by atoms with Gasteiger partial charge in [0, 0.05) is 0 Å². The van der Waals surface area contributed by atoms with Crippen molar-refractivity contribution in [2.45, 2.75) is 113 Å². The van der Waals surface area contributed by atoms with Gasteiger partial charge in [-0.05, 0) is 51.2 Å². The Balaban J connectivity index is 2.87. The van der Waals surface area contributed by atoms with Crippen LogP contribution in [0, 0.1) is 0 Å². The number of allylic oxidation sites excluding steroid dienone is 2. The minimum atomic E-state index is -7.98. The Morgan fingerprint density at radius 2 is 1.16 bits per heavy atom. The monoisotopic (exact) mass is 662 g/mol. The van der Waals surface area contributed by atoms with Crippen molar-refractivity contribution in [3.8, 4) is 0 Å². The topological polar surface area (TPSA) is 18.5 Å². The number of hydrogen-bond acceptors (Lipinski definition) is 2. The summed E-state index contributed by atoms with van der Waals surface area (Å²) in [6.07, 6.45) is -8.11. The van der Waals surface area contributed by atoms with E-state index in [0.29, 0.717) is 5.19 Å². The molecule has 0 spiro atoms. The second kappa shape index (κ2) is 11.2. The third-order valence-corrected chi connectivity index (χ3v) is 12.4. The number of halogens is 13. The quantitative estimate of drug-likeness (QED) is 0.174. The lowest BCUT2D eigenvalue weighted by molar-refractivity contribution is -0.436. The van der Waals surface area contributed by atoms with E-state index in [1.54, 1.807) is 50.3 Å². The number of hydrogen-bond donors (Lipinski definition) is 0. The van der Waals surface area contributed by atoms with E-state index in [9.17, 15) is 48.3 Å². The second-order valence-electron chi connectivity index (χ2n) is 12.1. The molecule has 2 rings (SSSR count). The van der Waals surface area contributed by atoms with Crippen LogP contribution < -0.4 is 5.19 Å². The molecule has 1 unspecified atom stereocenters. The molecule has 1 aromatic carbocycles. The van der Waals surface area contributed by atoms with Gasteiger partial charge in [-0.15, -0.1) is 0 Å². The molecule has 1 aliphatic rings. The van der Waals surface area contributed by atoms with Gasteiger partial charge in [-0.25, -0.2) is 0 Å². The van der Waals surface area contributed by atoms with Crippen LogP contribution in [0.3, 0.4) is 0 Å². The fraction of sp³-hybridized carbons (Fsp3) is 0.692. The Hall–Kier alpha value is -1.75. The van der Waals surface area contributed by atoms with Gasteiger partial charge in [0.05, 0.1) is 19.3 Å². The van der Waals surface area contributed by atoms with Crippen LogP contribution in [0.4, 0.5) is 57.1 Å². The molecule has 0 bridgehead atoms. The van der Waals surface area contributed by atoms with Gasteiger partial charge in [0.15, 0.2) is 0 Å². The minimum absolute atomic E-state index is 0.0512. The first-order valence-corrected chi connectivity index (χ1v) is 16.1. The lowest BCUT2D eigenvalue weighted by Gasteiger charge is -2.40. The fourth-order valence-corrected chi connectivity index (χ4v) is 8.21. The Morgan fingerprint density at radius 1 is 0.744 bits per heavy atom. The number of alkyl halides is 13. The molecule has 1 heterocycles. The minimum Gasteiger partial charge on any atom is -0.400 e. The Morgan fingerprint density at radius 3 is 1.56 bits per heavy atom. The highest BCUT2D eigenvalue weighted by Gasteiger charge is 2.90. The van der Waals surface area contributed by atoms with Crippen molar-refractivity contribution in [3.05, 3.63) is 41.9 Å². The van der Waals surface area contributed by atoms with E-state index in [2.05, 4.69) is 0 Å². The van der Waals surface area contributed by atoms with Crippen LogP contribution in [0.2, 0.25) is 18.6 Å². The van der Waals surface area contributed by atoms with E-state index >= 15 is 8.78 Å². The molecular weight excluding hydrogens is 630 g/mol. The van der Waals surface area contributed by atoms with Gasteiger partial charge in [-0.1, -0.05) is 62.0 Å². The lowest BCUT2D eigenvalue weighted by Crippen LogP contribution is -2.69. The Bertz CT molecular complexity index is 1150. The van der Waals surface area contributed by atoms with Gasteiger partial charge < -0.3 is 9.31 Å². The van der Waals surface area contributed by atoms with Gasteiger partial charge in [-0.2, -0.15) is 57.1 Å². The van der Waals surface area contributed by atoms with Crippen LogP contribution >= 0.6 is 0 Å². The summed E-state index contributed by atoms with van der Waals surface area (Å²) in [6, 6.07) is 8.03. The zero-order chi connectivity index (χ0) is 33.9. The summed E-state index contributed by atoms with van der Waals surface area (Å²) in [6.45, 7) is 10.6. The SMILES string of the molecule is CCCC(/C(=C/C(F)(F)C(F)(F)C(F)(F)C(F)(F)C(F)(F)C(F)(F)F)B1OC(C)(C)C(C)(C)O1)[Si](C)(C)c1ccccc1. The van der Waals surface area contributed by atoms with Crippen molar-refractivity contribution in [1.82, 2.24) is 0 Å². The van der Waals surface area contributed by atoms with Crippen LogP contribution in [0.5, 0.6) is 0 Å². The molecule has 0 radical (unpaired) electrons. The van der Waals surface area contributed by atoms with Crippen molar-refractivity contribution in [3.63, 3.8) is 0 Å². The van der Waals surface area contributed by atoms with E-state index in [1.807, 2.05) is 0 Å². The molecule has 246 valence electrons. The van der Waals surface area contributed by atoms with Gasteiger partial charge in [-0.3, -0.25) is 0 Å². The average Bonchev–Trinajstić information content (AvgIpc) is 3.06. The van der Waals surface area contributed by atoms with Crippen molar-refractivity contribution in [1.29, 1.82) is 0 Å². The predicted octanol–water partition coefficient (Wildman–Crippen LogP) is 9.07. The molecule has 43 heavy (non-hydrogen) atoms. The van der Waals surface area contributed by atoms with Gasteiger partial charge in [0.1, 0.15) is 0 Å². The highest BCUT2D eigenvalue weighted by Crippen LogP contribution is 2.61. The summed E-state index contributed by atoms with van der Waals surface area (Å²) in [7, 11) is -5.09. The lowest BCUT2D eigenvalue weighted by atomic mass is 9.73. The molecular formula is C26H32BF13O2Si. The maximum absolute atomic E-state index is 15.3. The molecule has 17 heteroatoms. The summed E-state index contributed by atoms with van der Waals surface area (Å²) in [5.41, 5.74) is -4.65. The fourth-order valence-electron chi connectivity index (χ4n) is 4.70. The van der Waals surface area contributed by atoms with Crippen LogP contribution in [-0.2, 0) is 9.31 Å². The molecule has 2 nitrogen and oxygen atoms in total. The standard InChI is InChI=1S/C26H32BF13O2Si/c1-8-12-18(43(6,7)16-13-10-9-11-14-16)17(27-41-19(2,3)20(4,5)42-27)15-21(28,29)22(30,31)23(32,33)24(34,35)25(36,37)26(38,39)40/h9-11,13-15,18H,8,12H2,1-7H3/b17-15-. The summed E-state index contributed by atoms with van der Waals surface area (Å²) in [4.78, 5) is 0. The highest BCUT2D eigenvalue weighted by molar-refractivity contribution is 6.92. The average molecular weight is 662 g/mol. The highest BCUT2D eigenvalue weighted by atomic mass is 28.3. The molecule has 1 saturated heterocycles. The summed E-state index contributed by atoms with van der Waals surface area (Å²) in [5, 5.41) is 0.577. The van der Waals surface area contributed by atoms with E-state index < -0.39 is 79.3 Å².